The monoisotopic (exact) mass is 251 g/mol. The van der Waals surface area contributed by atoms with Crippen molar-refractivity contribution in [1.29, 1.82) is 0 Å². The fourth-order valence-electron chi connectivity index (χ4n) is 1.74. The van der Waals surface area contributed by atoms with Gasteiger partial charge in [-0.25, -0.2) is 0 Å². The van der Waals surface area contributed by atoms with Gasteiger partial charge in [0.2, 0.25) is 0 Å². The summed E-state index contributed by atoms with van der Waals surface area (Å²) in [6.45, 7) is 2.60. The number of aryl methyl sites for hydroxylation is 1. The molecule has 7 nitrogen and oxygen atoms in total. The van der Waals surface area contributed by atoms with E-state index in [-0.39, 0.29) is 0 Å². The fraction of sp³-hybridized carbons (Fsp3) is 0.545. The van der Waals surface area contributed by atoms with Crippen LogP contribution in [-0.2, 0) is 4.74 Å². The van der Waals surface area contributed by atoms with Crippen molar-refractivity contribution in [2.75, 3.05) is 32.2 Å². The molecule has 7 heteroatoms. The molecule has 0 aliphatic heterocycles. The molecule has 0 fully saturated rings. The second-order valence-corrected chi connectivity index (χ2v) is 4.20. The van der Waals surface area contributed by atoms with Crippen LogP contribution in [0.5, 0.6) is 0 Å². The standard InChI is InChI=1S/C11H17N5O2/c1-8-12-13-10-4-5-11(14-16(8)10)15(2)6-9(17)7-18-3/h4-5,9,17H,6-7H2,1-3H3. The van der Waals surface area contributed by atoms with Gasteiger partial charge in [-0.1, -0.05) is 0 Å². The Hall–Kier alpha value is -1.73. The molecule has 1 N–H and O–H groups in total. The molecule has 0 saturated carbocycles. The molecule has 0 amide bonds. The van der Waals surface area contributed by atoms with Crippen LogP contribution in [0.1, 0.15) is 5.82 Å². The lowest BCUT2D eigenvalue weighted by Gasteiger charge is -2.21. The third-order valence-electron chi connectivity index (χ3n) is 2.64. The maximum atomic E-state index is 9.68. The Morgan fingerprint density at radius 3 is 2.94 bits per heavy atom. The summed E-state index contributed by atoms with van der Waals surface area (Å²) >= 11 is 0. The number of hydrogen-bond acceptors (Lipinski definition) is 6. The van der Waals surface area contributed by atoms with Gasteiger partial charge in [-0.3, -0.25) is 0 Å². The number of hydrogen-bond donors (Lipinski definition) is 1. The Kier molecular flexibility index (Phi) is 3.73. The lowest BCUT2D eigenvalue weighted by molar-refractivity contribution is 0.0694. The van der Waals surface area contributed by atoms with Crippen LogP contribution in [0.2, 0.25) is 0 Å². The third-order valence-corrected chi connectivity index (χ3v) is 2.64. The average Bonchev–Trinajstić information content (AvgIpc) is 2.71. The minimum Gasteiger partial charge on any atom is -0.389 e. The van der Waals surface area contributed by atoms with Gasteiger partial charge in [-0.15, -0.1) is 15.3 Å². The van der Waals surface area contributed by atoms with Crippen LogP contribution < -0.4 is 4.90 Å². The first-order chi connectivity index (χ1) is 8.61. The molecule has 2 heterocycles. The molecule has 1 atom stereocenters. The summed E-state index contributed by atoms with van der Waals surface area (Å²) in [7, 11) is 3.43. The van der Waals surface area contributed by atoms with E-state index in [4.69, 9.17) is 4.74 Å². The minimum atomic E-state index is -0.542. The zero-order valence-corrected chi connectivity index (χ0v) is 10.7. The average molecular weight is 251 g/mol. The lowest BCUT2D eigenvalue weighted by Crippen LogP contribution is -2.32. The highest BCUT2D eigenvalue weighted by atomic mass is 16.5. The molecule has 0 bridgehead atoms. The zero-order chi connectivity index (χ0) is 13.1. The SMILES string of the molecule is COCC(O)CN(C)c1ccc2nnc(C)n2n1. The van der Waals surface area contributed by atoms with Gasteiger partial charge in [0, 0.05) is 20.7 Å². The molecule has 0 aromatic carbocycles. The number of nitrogens with zero attached hydrogens (tertiary/aromatic N) is 5. The van der Waals surface area contributed by atoms with Crippen LogP contribution in [0.3, 0.4) is 0 Å². The molecule has 0 aliphatic rings. The van der Waals surface area contributed by atoms with Crippen molar-refractivity contribution in [2.45, 2.75) is 13.0 Å². The van der Waals surface area contributed by atoms with E-state index >= 15 is 0 Å². The molecule has 0 aliphatic carbocycles. The Labute approximate surface area is 105 Å². The van der Waals surface area contributed by atoms with E-state index in [9.17, 15) is 5.11 Å². The van der Waals surface area contributed by atoms with Crippen molar-refractivity contribution >= 4 is 11.5 Å². The number of ether oxygens (including phenoxy) is 1. The van der Waals surface area contributed by atoms with Gasteiger partial charge in [-0.2, -0.15) is 4.52 Å². The predicted octanol–water partition coefficient (Wildman–Crippen LogP) is -0.124. The number of anilines is 1. The predicted molar refractivity (Wildman–Crippen MR) is 66.7 cm³/mol. The highest BCUT2D eigenvalue weighted by Gasteiger charge is 2.11. The molecule has 0 radical (unpaired) electrons. The molecule has 2 aromatic heterocycles. The van der Waals surface area contributed by atoms with E-state index in [2.05, 4.69) is 15.3 Å². The summed E-state index contributed by atoms with van der Waals surface area (Å²) in [5.41, 5.74) is 0.710. The number of methoxy groups -OCH3 is 1. The number of fused-ring (bicyclic) bond motifs is 1. The smallest absolute Gasteiger partial charge is 0.178 e. The summed E-state index contributed by atoms with van der Waals surface area (Å²) in [5.74, 6) is 1.48. The van der Waals surface area contributed by atoms with E-state index < -0.39 is 6.10 Å². The number of aliphatic hydroxyl groups is 1. The summed E-state index contributed by atoms with van der Waals surface area (Å²) in [4.78, 5) is 1.86. The van der Waals surface area contributed by atoms with Crippen LogP contribution in [0.4, 0.5) is 5.82 Å². The summed E-state index contributed by atoms with van der Waals surface area (Å²) in [5, 5.41) is 22.0. The van der Waals surface area contributed by atoms with E-state index in [1.165, 1.54) is 0 Å². The number of aliphatic hydroxyl groups excluding tert-OH is 1. The highest BCUT2D eigenvalue weighted by Crippen LogP contribution is 2.11. The molecule has 2 rings (SSSR count). The Balaban J connectivity index is 2.17. The van der Waals surface area contributed by atoms with Crippen LogP contribution in [0.15, 0.2) is 12.1 Å². The Morgan fingerprint density at radius 2 is 2.22 bits per heavy atom. The first kappa shape index (κ1) is 12.7. The van der Waals surface area contributed by atoms with Gasteiger partial charge < -0.3 is 14.7 Å². The van der Waals surface area contributed by atoms with E-state index in [0.717, 1.165) is 11.6 Å². The first-order valence-electron chi connectivity index (χ1n) is 5.69. The van der Waals surface area contributed by atoms with E-state index in [0.29, 0.717) is 18.8 Å². The van der Waals surface area contributed by atoms with Crippen molar-refractivity contribution in [3.63, 3.8) is 0 Å². The Morgan fingerprint density at radius 1 is 1.44 bits per heavy atom. The third kappa shape index (κ3) is 2.57. The number of likely N-dealkylation sites (N-methyl/N-ethyl adjacent to an activating group) is 1. The maximum Gasteiger partial charge on any atom is 0.178 e. The lowest BCUT2D eigenvalue weighted by atomic mass is 10.3. The molecule has 98 valence electrons. The van der Waals surface area contributed by atoms with Crippen LogP contribution in [0, 0.1) is 6.92 Å². The van der Waals surface area contributed by atoms with Crippen LogP contribution in [-0.4, -0.2) is 58.3 Å². The molecule has 0 spiro atoms. The topological polar surface area (TPSA) is 75.8 Å². The van der Waals surface area contributed by atoms with Crippen molar-refractivity contribution < 1.29 is 9.84 Å². The van der Waals surface area contributed by atoms with Gasteiger partial charge in [0.15, 0.2) is 11.5 Å². The van der Waals surface area contributed by atoms with Gasteiger partial charge in [-0.05, 0) is 19.1 Å². The van der Waals surface area contributed by atoms with Crippen molar-refractivity contribution in [2.24, 2.45) is 0 Å². The zero-order valence-electron chi connectivity index (χ0n) is 10.7. The molecule has 0 saturated heterocycles. The summed E-state index contributed by atoms with van der Waals surface area (Å²) in [6.07, 6.45) is -0.542. The maximum absolute atomic E-state index is 9.68. The van der Waals surface area contributed by atoms with Crippen molar-refractivity contribution in [3.8, 4) is 0 Å². The molecular weight excluding hydrogens is 234 g/mol. The second-order valence-electron chi connectivity index (χ2n) is 4.20. The quantitative estimate of drug-likeness (QED) is 0.798. The molecular formula is C11H17N5O2. The van der Waals surface area contributed by atoms with Gasteiger partial charge in [0.1, 0.15) is 5.82 Å². The first-order valence-corrected chi connectivity index (χ1v) is 5.69. The van der Waals surface area contributed by atoms with E-state index in [1.54, 1.807) is 11.6 Å². The molecule has 18 heavy (non-hydrogen) atoms. The number of aromatic nitrogens is 4. The minimum absolute atomic E-state index is 0.304. The summed E-state index contributed by atoms with van der Waals surface area (Å²) < 4.78 is 6.57. The van der Waals surface area contributed by atoms with Crippen LogP contribution >= 0.6 is 0 Å². The molecule has 1 unspecified atom stereocenters. The van der Waals surface area contributed by atoms with Gasteiger partial charge in [0.25, 0.3) is 0 Å². The van der Waals surface area contributed by atoms with Crippen LogP contribution in [0.25, 0.3) is 5.65 Å². The van der Waals surface area contributed by atoms with Gasteiger partial charge in [0.05, 0.1) is 12.7 Å². The fourth-order valence-corrected chi connectivity index (χ4v) is 1.74. The Bertz CT molecular complexity index is 527. The number of rotatable bonds is 5. The van der Waals surface area contributed by atoms with Gasteiger partial charge >= 0.3 is 0 Å². The van der Waals surface area contributed by atoms with Crippen molar-refractivity contribution in [3.05, 3.63) is 18.0 Å². The summed E-state index contributed by atoms with van der Waals surface area (Å²) in [6, 6.07) is 3.70. The van der Waals surface area contributed by atoms with E-state index in [1.807, 2.05) is 31.0 Å². The highest BCUT2D eigenvalue weighted by molar-refractivity contribution is 5.45. The molecule has 2 aromatic rings. The normalized spacial score (nSPS) is 12.9. The van der Waals surface area contributed by atoms with Crippen molar-refractivity contribution in [1.82, 2.24) is 19.8 Å². The second kappa shape index (κ2) is 5.28. The largest absolute Gasteiger partial charge is 0.389 e.